The lowest BCUT2D eigenvalue weighted by molar-refractivity contribution is -0.172. The zero-order valence-electron chi connectivity index (χ0n) is 22.8. The van der Waals surface area contributed by atoms with E-state index in [0.717, 1.165) is 36.0 Å². The highest BCUT2D eigenvalue weighted by atomic mass is 32.2. The van der Waals surface area contributed by atoms with Crippen molar-refractivity contribution in [2.75, 3.05) is 0 Å². The predicted octanol–water partition coefficient (Wildman–Crippen LogP) is 6.99. The topological polar surface area (TPSA) is 89.9 Å². The second kappa shape index (κ2) is 10.2. The van der Waals surface area contributed by atoms with Gasteiger partial charge in [0.1, 0.15) is 12.2 Å². The van der Waals surface area contributed by atoms with E-state index < -0.39 is 21.6 Å². The fourth-order valence-corrected chi connectivity index (χ4v) is 8.45. The molecular weight excluding hydrogens is 536 g/mol. The molecule has 1 N–H and O–H groups in total. The van der Waals surface area contributed by atoms with Crippen LogP contribution in [0.3, 0.4) is 0 Å². The molecule has 41 heavy (non-hydrogen) atoms. The van der Waals surface area contributed by atoms with Gasteiger partial charge in [0.25, 0.3) is 0 Å². The molecule has 6 nitrogen and oxygen atoms in total. The van der Waals surface area contributed by atoms with Gasteiger partial charge in [0, 0.05) is 12.8 Å². The third-order valence-electron chi connectivity index (χ3n) is 8.92. The van der Waals surface area contributed by atoms with Gasteiger partial charge >= 0.3 is 5.97 Å². The second-order valence-corrected chi connectivity index (χ2v) is 14.2. The molecule has 1 heterocycles. The summed E-state index contributed by atoms with van der Waals surface area (Å²) in [5.41, 5.74) is 3.66. The van der Waals surface area contributed by atoms with E-state index in [1.165, 1.54) is 0 Å². The first kappa shape index (κ1) is 26.6. The molecule has 4 aliphatic rings. The van der Waals surface area contributed by atoms with E-state index in [-0.39, 0.29) is 34.9 Å². The van der Waals surface area contributed by atoms with Crippen molar-refractivity contribution in [1.82, 2.24) is 0 Å². The highest BCUT2D eigenvalue weighted by Crippen LogP contribution is 2.55. The van der Waals surface area contributed by atoms with Crippen molar-refractivity contribution in [2.24, 2.45) is 5.92 Å². The van der Waals surface area contributed by atoms with Crippen molar-refractivity contribution in [1.29, 1.82) is 0 Å². The number of rotatable bonds is 8. The monoisotopic (exact) mass is 570 g/mol. The third kappa shape index (κ3) is 5.16. The number of carboxylic acid groups (broad SMARTS) is 1. The number of hydrogen-bond donors (Lipinski definition) is 1. The van der Waals surface area contributed by atoms with E-state index in [4.69, 9.17) is 9.47 Å². The van der Waals surface area contributed by atoms with Crippen LogP contribution in [0.2, 0.25) is 0 Å². The smallest absolute Gasteiger partial charge is 0.335 e. The van der Waals surface area contributed by atoms with Crippen molar-refractivity contribution >= 4 is 21.4 Å². The number of ether oxygens (including phenoxy) is 2. The van der Waals surface area contributed by atoms with Gasteiger partial charge in [-0.15, -0.1) is 0 Å². The number of aliphatic carboxylic acids is 1. The quantitative estimate of drug-likeness (QED) is 0.294. The number of carbonyl (C=O) groups is 1. The second-order valence-electron chi connectivity index (χ2n) is 12.0. The molecule has 0 amide bonds. The van der Waals surface area contributed by atoms with Gasteiger partial charge in [-0.05, 0) is 78.3 Å². The summed E-state index contributed by atoms with van der Waals surface area (Å²) in [7, 11) is -3.36. The highest BCUT2D eigenvalue weighted by molar-refractivity contribution is 7.92. The third-order valence-corrected chi connectivity index (χ3v) is 11.3. The summed E-state index contributed by atoms with van der Waals surface area (Å²) in [6.07, 6.45) is 6.56. The first-order valence-electron chi connectivity index (χ1n) is 14.6. The van der Waals surface area contributed by atoms with Crippen molar-refractivity contribution in [3.8, 4) is 0 Å². The van der Waals surface area contributed by atoms with Crippen LogP contribution in [0.5, 0.6) is 0 Å². The maximum absolute atomic E-state index is 13.1. The van der Waals surface area contributed by atoms with Gasteiger partial charge in [-0.3, -0.25) is 0 Å². The molecule has 3 aromatic rings. The molecule has 1 spiro atoms. The van der Waals surface area contributed by atoms with E-state index in [1.54, 1.807) is 12.1 Å². The summed E-state index contributed by atoms with van der Waals surface area (Å²) in [6.45, 7) is 0. The largest absolute Gasteiger partial charge is 0.478 e. The van der Waals surface area contributed by atoms with Crippen LogP contribution in [0.25, 0.3) is 5.57 Å². The van der Waals surface area contributed by atoms with E-state index in [0.29, 0.717) is 36.1 Å². The first-order valence-corrected chi connectivity index (χ1v) is 16.2. The Labute approximate surface area is 240 Å². The first-order chi connectivity index (χ1) is 19.8. The number of sulfone groups is 1. The maximum Gasteiger partial charge on any atom is 0.335 e. The fraction of sp³-hybridized carbons (Fsp3) is 0.382. The van der Waals surface area contributed by atoms with Gasteiger partial charge in [-0.25, -0.2) is 13.2 Å². The molecule has 4 fully saturated rings. The molecule has 0 aromatic heterocycles. The van der Waals surface area contributed by atoms with Crippen LogP contribution in [0.15, 0.2) is 89.8 Å². The minimum Gasteiger partial charge on any atom is -0.478 e. The number of benzene rings is 3. The van der Waals surface area contributed by atoms with Crippen molar-refractivity contribution in [3.05, 3.63) is 107 Å². The van der Waals surface area contributed by atoms with Gasteiger partial charge in [-0.2, -0.15) is 0 Å². The molecule has 7 heteroatoms. The lowest BCUT2D eigenvalue weighted by Gasteiger charge is -2.23. The van der Waals surface area contributed by atoms with Gasteiger partial charge in [0.05, 0.1) is 15.7 Å². The Bertz CT molecular complexity index is 1540. The van der Waals surface area contributed by atoms with Crippen LogP contribution in [-0.2, 0) is 24.1 Å². The van der Waals surface area contributed by atoms with Crippen LogP contribution in [0.1, 0.15) is 85.3 Å². The molecule has 3 atom stereocenters. The van der Waals surface area contributed by atoms with E-state index in [1.807, 2.05) is 48.5 Å². The Morgan fingerprint density at radius 3 is 1.98 bits per heavy atom. The SMILES string of the molecule is O=C(O)C(=C[C@H]1CCC2(C1)O[C@H](c1ccccc1)[C@@H](c1ccccc1)O2)c1ccc(S(=O)(=O)C2CC2)c(C2CC2)c1. The van der Waals surface area contributed by atoms with Crippen molar-refractivity contribution < 1.29 is 27.8 Å². The minimum absolute atomic E-state index is 0.0497. The molecule has 7 rings (SSSR count). The zero-order valence-corrected chi connectivity index (χ0v) is 23.6. The zero-order chi connectivity index (χ0) is 28.2. The van der Waals surface area contributed by atoms with E-state index in [2.05, 4.69) is 24.3 Å². The number of allylic oxidation sites excluding steroid dienone is 1. The Morgan fingerprint density at radius 1 is 0.829 bits per heavy atom. The molecule has 3 saturated carbocycles. The molecule has 1 aliphatic heterocycles. The Hall–Kier alpha value is -3.26. The average Bonchev–Trinajstić information content (AvgIpc) is 3.93. The summed E-state index contributed by atoms with van der Waals surface area (Å²) in [6, 6.07) is 25.3. The lowest BCUT2D eigenvalue weighted by atomic mass is 9.96. The molecule has 1 saturated heterocycles. The van der Waals surface area contributed by atoms with Crippen molar-refractivity contribution in [2.45, 2.75) is 79.0 Å². The fourth-order valence-electron chi connectivity index (χ4n) is 6.52. The Kier molecular flexibility index (Phi) is 6.64. The summed E-state index contributed by atoms with van der Waals surface area (Å²) in [5.74, 6) is -1.67. The van der Waals surface area contributed by atoms with Crippen LogP contribution < -0.4 is 0 Å². The van der Waals surface area contributed by atoms with E-state index >= 15 is 0 Å². The van der Waals surface area contributed by atoms with E-state index in [9.17, 15) is 18.3 Å². The predicted molar refractivity (Wildman–Crippen MR) is 155 cm³/mol. The van der Waals surface area contributed by atoms with Crippen molar-refractivity contribution in [3.63, 3.8) is 0 Å². The summed E-state index contributed by atoms with van der Waals surface area (Å²) >= 11 is 0. The summed E-state index contributed by atoms with van der Waals surface area (Å²) < 4.78 is 39.6. The lowest BCUT2D eigenvalue weighted by Crippen LogP contribution is -2.26. The Balaban J connectivity index is 1.17. The number of carboxylic acids is 1. The maximum atomic E-state index is 13.1. The molecule has 0 radical (unpaired) electrons. The molecule has 3 aliphatic carbocycles. The molecular formula is C34H34O6S. The summed E-state index contributed by atoms with van der Waals surface area (Å²) in [5, 5.41) is 9.96. The highest BCUT2D eigenvalue weighted by Gasteiger charge is 2.52. The summed E-state index contributed by atoms with van der Waals surface area (Å²) in [4.78, 5) is 12.9. The van der Waals surface area contributed by atoms with Gasteiger partial charge < -0.3 is 14.6 Å². The molecule has 3 aromatic carbocycles. The van der Waals surface area contributed by atoms with Gasteiger partial charge in [0.2, 0.25) is 0 Å². The minimum atomic E-state index is -3.36. The normalized spacial score (nSPS) is 26.0. The van der Waals surface area contributed by atoms with Crippen LogP contribution in [0.4, 0.5) is 0 Å². The molecule has 212 valence electrons. The standard InChI is InChI=1S/C34H34O6S/c35-33(36)29(26-13-16-30(28(20-26)23-11-12-23)41(37,38)27-14-15-27)19-22-17-18-34(21-22)39-31(24-7-3-1-4-8-24)32(40-34)25-9-5-2-6-10-25/h1-10,13,16,19-20,22-23,27,31-32H,11-12,14-15,17-18,21H2,(H,35,36)/t22-,31-,32-/m1/s1. The Morgan fingerprint density at radius 2 is 1.44 bits per heavy atom. The van der Waals surface area contributed by atoms with Crippen LogP contribution in [0, 0.1) is 5.92 Å². The van der Waals surface area contributed by atoms with Crippen LogP contribution in [-0.4, -0.2) is 30.5 Å². The van der Waals surface area contributed by atoms with Gasteiger partial charge in [-0.1, -0.05) is 72.8 Å². The van der Waals surface area contributed by atoms with Crippen LogP contribution >= 0.6 is 0 Å². The average molecular weight is 571 g/mol. The van der Waals surface area contributed by atoms with Gasteiger partial charge in [0.15, 0.2) is 15.6 Å². The number of hydrogen-bond acceptors (Lipinski definition) is 5. The molecule has 0 unspecified atom stereocenters. The molecule has 0 bridgehead atoms.